The standard InChI is InChI=1S/C27H40O4/c1-17(30)31-23-14-22-25(4)12-7-11-24(2,3)20(25)10-13-26(22,5)21-9-8-18(15-28)19(16-29)27(21,23)6/h8,15-16,19-23H,7,9-14H2,1-6H3/t19?,20-,21-,22+,23+,25-,26-,27+/m0/s1. The minimum Gasteiger partial charge on any atom is -0.462 e. The van der Waals surface area contributed by atoms with E-state index in [1.165, 1.54) is 32.6 Å². The summed E-state index contributed by atoms with van der Waals surface area (Å²) in [7, 11) is 0. The van der Waals surface area contributed by atoms with E-state index in [2.05, 4.69) is 34.6 Å². The quantitative estimate of drug-likeness (QED) is 0.437. The molecular formula is C27H40O4. The number of aldehydes is 2. The molecule has 4 nitrogen and oxygen atoms in total. The summed E-state index contributed by atoms with van der Waals surface area (Å²) >= 11 is 0. The van der Waals surface area contributed by atoms with Crippen LogP contribution in [0.1, 0.15) is 86.5 Å². The maximum atomic E-state index is 12.3. The van der Waals surface area contributed by atoms with E-state index in [1.54, 1.807) is 0 Å². The molecule has 8 atom stereocenters. The molecule has 0 aromatic rings. The molecule has 3 fully saturated rings. The zero-order chi connectivity index (χ0) is 22.8. The molecule has 1 unspecified atom stereocenters. The average Bonchev–Trinajstić information content (AvgIpc) is 2.67. The number of carbonyl (C=O) groups is 3. The van der Waals surface area contributed by atoms with Crippen LogP contribution in [0.5, 0.6) is 0 Å². The second kappa shape index (κ2) is 7.28. The van der Waals surface area contributed by atoms with Gasteiger partial charge in [0, 0.05) is 12.3 Å². The van der Waals surface area contributed by atoms with E-state index in [9.17, 15) is 14.4 Å². The maximum absolute atomic E-state index is 12.3. The van der Waals surface area contributed by atoms with Crippen molar-refractivity contribution in [2.24, 2.45) is 45.3 Å². The summed E-state index contributed by atoms with van der Waals surface area (Å²) in [6, 6.07) is 0. The van der Waals surface area contributed by atoms with Crippen LogP contribution in [0.3, 0.4) is 0 Å². The first-order chi connectivity index (χ1) is 14.4. The SMILES string of the molecule is CC(=O)O[C@@H]1C[C@@H]2[C@@]3(C)CCCC(C)(C)[C@@H]3CC[C@@]2(C)[C@@H]2CC=C(C=O)C(C=O)[C@@]12C. The number of allylic oxidation sites excluding steroid dienone is 2. The van der Waals surface area contributed by atoms with Crippen molar-refractivity contribution in [3.63, 3.8) is 0 Å². The van der Waals surface area contributed by atoms with Gasteiger partial charge in [-0.25, -0.2) is 0 Å². The van der Waals surface area contributed by atoms with Crippen LogP contribution in [-0.4, -0.2) is 24.6 Å². The molecule has 4 aliphatic carbocycles. The Morgan fingerprint density at radius 1 is 1.00 bits per heavy atom. The van der Waals surface area contributed by atoms with Crippen LogP contribution in [0.25, 0.3) is 0 Å². The largest absolute Gasteiger partial charge is 0.462 e. The summed E-state index contributed by atoms with van der Waals surface area (Å²) in [5.74, 6) is 0.519. The van der Waals surface area contributed by atoms with Gasteiger partial charge in [-0.3, -0.25) is 9.59 Å². The minimum atomic E-state index is -0.545. The fourth-order valence-corrected chi connectivity index (χ4v) is 9.45. The fraction of sp³-hybridized carbons (Fsp3) is 0.815. The first-order valence-corrected chi connectivity index (χ1v) is 12.2. The minimum absolute atomic E-state index is 0.0657. The Morgan fingerprint density at radius 3 is 2.29 bits per heavy atom. The Labute approximate surface area is 187 Å². The highest BCUT2D eigenvalue weighted by Crippen LogP contribution is 2.73. The summed E-state index contributed by atoms with van der Waals surface area (Å²) in [4.78, 5) is 36.3. The Kier molecular flexibility index (Phi) is 5.34. The lowest BCUT2D eigenvalue weighted by Gasteiger charge is -2.70. The smallest absolute Gasteiger partial charge is 0.302 e. The predicted molar refractivity (Wildman–Crippen MR) is 120 cm³/mol. The van der Waals surface area contributed by atoms with E-state index in [0.29, 0.717) is 22.8 Å². The number of carbonyl (C=O) groups excluding carboxylic acids is 3. The van der Waals surface area contributed by atoms with Gasteiger partial charge < -0.3 is 9.53 Å². The van der Waals surface area contributed by atoms with Gasteiger partial charge in [-0.15, -0.1) is 0 Å². The highest BCUT2D eigenvalue weighted by Gasteiger charge is 2.68. The molecule has 0 radical (unpaired) electrons. The number of esters is 1. The summed E-state index contributed by atoms with van der Waals surface area (Å²) in [6.45, 7) is 13.4. The molecular weight excluding hydrogens is 388 g/mol. The van der Waals surface area contributed by atoms with Gasteiger partial charge in [0.15, 0.2) is 0 Å². The van der Waals surface area contributed by atoms with Crippen molar-refractivity contribution in [3.8, 4) is 0 Å². The van der Waals surface area contributed by atoms with Gasteiger partial charge in [-0.05, 0) is 78.1 Å². The molecule has 0 amide bonds. The summed E-state index contributed by atoms with van der Waals surface area (Å²) in [5, 5.41) is 0. The van der Waals surface area contributed by atoms with Gasteiger partial charge in [0.05, 0.1) is 5.92 Å². The van der Waals surface area contributed by atoms with E-state index in [-0.39, 0.29) is 28.8 Å². The van der Waals surface area contributed by atoms with Crippen LogP contribution >= 0.6 is 0 Å². The van der Waals surface area contributed by atoms with Crippen molar-refractivity contribution < 1.29 is 19.1 Å². The van der Waals surface area contributed by atoms with E-state index in [1.807, 2.05) is 6.08 Å². The molecule has 0 heterocycles. The zero-order valence-electron chi connectivity index (χ0n) is 20.2. The number of hydrogen-bond acceptors (Lipinski definition) is 4. The highest BCUT2D eigenvalue weighted by atomic mass is 16.5. The van der Waals surface area contributed by atoms with Gasteiger partial charge in [0.2, 0.25) is 0 Å². The molecule has 0 spiro atoms. The third-order valence-electron chi connectivity index (χ3n) is 10.7. The van der Waals surface area contributed by atoms with Gasteiger partial charge in [-0.1, -0.05) is 47.1 Å². The van der Waals surface area contributed by atoms with E-state index in [0.717, 1.165) is 31.8 Å². The molecule has 0 N–H and O–H groups in total. The molecule has 3 saturated carbocycles. The zero-order valence-corrected chi connectivity index (χ0v) is 20.2. The second-order valence-electron chi connectivity index (χ2n) is 12.4. The Morgan fingerprint density at radius 2 is 1.68 bits per heavy atom. The third-order valence-corrected chi connectivity index (χ3v) is 10.7. The summed E-state index contributed by atoms with van der Waals surface area (Å²) in [6.07, 6.45) is 11.1. The normalized spacial score (nSPS) is 48.3. The lowest BCUT2D eigenvalue weighted by molar-refractivity contribution is -0.238. The van der Waals surface area contributed by atoms with Crippen LogP contribution in [0.15, 0.2) is 11.6 Å². The third kappa shape index (κ3) is 3.03. The average molecular weight is 429 g/mol. The van der Waals surface area contributed by atoms with Gasteiger partial charge in [-0.2, -0.15) is 0 Å². The van der Waals surface area contributed by atoms with Gasteiger partial charge in [0.25, 0.3) is 0 Å². The molecule has 0 aromatic carbocycles. The Hall–Kier alpha value is -1.45. The second-order valence-corrected chi connectivity index (χ2v) is 12.4. The molecule has 4 aliphatic rings. The number of hydrogen-bond donors (Lipinski definition) is 0. The topological polar surface area (TPSA) is 60.4 Å². The van der Waals surface area contributed by atoms with Crippen molar-refractivity contribution in [1.82, 2.24) is 0 Å². The molecule has 0 bridgehead atoms. The van der Waals surface area contributed by atoms with Crippen molar-refractivity contribution in [3.05, 3.63) is 11.6 Å². The van der Waals surface area contributed by atoms with Crippen LogP contribution < -0.4 is 0 Å². The molecule has 4 heteroatoms. The van der Waals surface area contributed by atoms with Crippen molar-refractivity contribution in [2.45, 2.75) is 92.6 Å². The number of ether oxygens (including phenoxy) is 1. The lowest BCUT2D eigenvalue weighted by atomic mass is 9.35. The van der Waals surface area contributed by atoms with Crippen molar-refractivity contribution in [2.75, 3.05) is 0 Å². The Balaban J connectivity index is 1.85. The van der Waals surface area contributed by atoms with E-state index < -0.39 is 11.3 Å². The molecule has 172 valence electrons. The Bertz CT molecular complexity index is 812. The van der Waals surface area contributed by atoms with Crippen molar-refractivity contribution in [1.29, 1.82) is 0 Å². The fourth-order valence-electron chi connectivity index (χ4n) is 9.45. The van der Waals surface area contributed by atoms with E-state index in [4.69, 9.17) is 4.74 Å². The maximum Gasteiger partial charge on any atom is 0.302 e. The van der Waals surface area contributed by atoms with E-state index >= 15 is 0 Å². The van der Waals surface area contributed by atoms with Crippen LogP contribution in [0, 0.1) is 45.3 Å². The first-order valence-electron chi connectivity index (χ1n) is 12.2. The molecule has 0 saturated heterocycles. The number of fused-ring (bicyclic) bond motifs is 5. The van der Waals surface area contributed by atoms with Crippen LogP contribution in [0.2, 0.25) is 0 Å². The summed E-state index contributed by atoms with van der Waals surface area (Å²) in [5.41, 5.74) is 0.619. The summed E-state index contributed by atoms with van der Waals surface area (Å²) < 4.78 is 6.02. The lowest BCUT2D eigenvalue weighted by Crippen LogP contribution is -2.67. The molecule has 31 heavy (non-hydrogen) atoms. The van der Waals surface area contributed by atoms with Crippen LogP contribution in [0.4, 0.5) is 0 Å². The molecule has 4 rings (SSSR count). The van der Waals surface area contributed by atoms with Crippen LogP contribution in [-0.2, 0) is 19.1 Å². The molecule has 0 aromatic heterocycles. The molecule has 0 aliphatic heterocycles. The van der Waals surface area contributed by atoms with Gasteiger partial charge >= 0.3 is 5.97 Å². The van der Waals surface area contributed by atoms with Crippen molar-refractivity contribution >= 4 is 18.5 Å². The number of rotatable bonds is 3. The predicted octanol–water partition coefficient (Wildman–Crippen LogP) is 5.54. The monoisotopic (exact) mass is 428 g/mol. The first kappa shape index (κ1) is 22.7. The highest BCUT2D eigenvalue weighted by molar-refractivity contribution is 5.82. The van der Waals surface area contributed by atoms with Gasteiger partial charge in [0.1, 0.15) is 18.7 Å².